The average Bonchev–Trinajstić information content (AvgIpc) is 2.82. The van der Waals surface area contributed by atoms with Crippen LogP contribution in [0.1, 0.15) is 43.7 Å². The summed E-state index contributed by atoms with van der Waals surface area (Å²) in [6, 6.07) is 9.67. The highest BCUT2D eigenvalue weighted by atomic mass is 14.9. The van der Waals surface area contributed by atoms with Crippen LogP contribution < -0.4 is 5.32 Å². The Morgan fingerprint density at radius 3 is 2.72 bits per heavy atom. The van der Waals surface area contributed by atoms with Crippen LogP contribution in [0.2, 0.25) is 0 Å². The quantitative estimate of drug-likeness (QED) is 0.856. The fraction of sp³-hybridized carbons (Fsp3) is 0.647. The highest BCUT2D eigenvalue weighted by Gasteiger charge is 2.25. The van der Waals surface area contributed by atoms with Gasteiger partial charge >= 0.3 is 0 Å². The molecule has 0 aliphatic heterocycles. The lowest BCUT2D eigenvalue weighted by Crippen LogP contribution is -2.38. The van der Waals surface area contributed by atoms with Crippen molar-refractivity contribution in [2.45, 2.75) is 51.5 Å². The minimum Gasteiger partial charge on any atom is -0.313 e. The molecule has 0 saturated heterocycles. The smallest absolute Gasteiger partial charge is 0.0111 e. The molecule has 0 radical (unpaired) electrons. The van der Waals surface area contributed by atoms with Crippen LogP contribution in [0.25, 0.3) is 0 Å². The molecule has 1 nitrogen and oxygen atoms in total. The molecule has 1 fully saturated rings. The van der Waals surface area contributed by atoms with Gasteiger partial charge in [0.05, 0.1) is 0 Å². The first-order valence-electron chi connectivity index (χ1n) is 7.63. The Balaban J connectivity index is 1.53. The molecular formula is C17H25N. The predicted octanol–water partition coefficient (Wildman–Crippen LogP) is 3.57. The van der Waals surface area contributed by atoms with E-state index in [1.807, 2.05) is 0 Å². The third-order valence-electron chi connectivity index (χ3n) is 5.05. The summed E-state index contributed by atoms with van der Waals surface area (Å²) in [6.45, 7) is 3.67. The maximum atomic E-state index is 3.83. The maximum absolute atomic E-state index is 3.83. The van der Waals surface area contributed by atoms with Crippen LogP contribution >= 0.6 is 0 Å². The molecule has 0 bridgehead atoms. The van der Waals surface area contributed by atoms with E-state index in [1.165, 1.54) is 45.1 Å². The van der Waals surface area contributed by atoms with Gasteiger partial charge in [0.2, 0.25) is 0 Å². The van der Waals surface area contributed by atoms with Crippen molar-refractivity contribution >= 4 is 0 Å². The van der Waals surface area contributed by atoms with Gasteiger partial charge in [-0.05, 0) is 55.2 Å². The molecule has 1 aromatic carbocycles. The number of benzene rings is 1. The fourth-order valence-corrected chi connectivity index (χ4v) is 3.72. The van der Waals surface area contributed by atoms with Crippen LogP contribution in [0.4, 0.5) is 0 Å². The van der Waals surface area contributed by atoms with Gasteiger partial charge in [-0.25, -0.2) is 0 Å². The third-order valence-corrected chi connectivity index (χ3v) is 5.05. The van der Waals surface area contributed by atoms with Gasteiger partial charge in [0.25, 0.3) is 0 Å². The van der Waals surface area contributed by atoms with Gasteiger partial charge in [-0.2, -0.15) is 0 Å². The van der Waals surface area contributed by atoms with Crippen molar-refractivity contribution in [3.05, 3.63) is 35.4 Å². The van der Waals surface area contributed by atoms with E-state index in [-0.39, 0.29) is 0 Å². The summed E-state index contributed by atoms with van der Waals surface area (Å²) in [6.07, 6.45) is 8.14. The van der Waals surface area contributed by atoms with E-state index in [4.69, 9.17) is 0 Å². The van der Waals surface area contributed by atoms with Gasteiger partial charge in [0, 0.05) is 6.04 Å². The molecule has 18 heavy (non-hydrogen) atoms. The molecule has 1 aromatic rings. The summed E-state index contributed by atoms with van der Waals surface area (Å²) < 4.78 is 0. The largest absolute Gasteiger partial charge is 0.313 e. The highest BCUT2D eigenvalue weighted by molar-refractivity contribution is 5.30. The van der Waals surface area contributed by atoms with Crippen molar-refractivity contribution in [1.82, 2.24) is 5.32 Å². The van der Waals surface area contributed by atoms with Crippen molar-refractivity contribution in [2.24, 2.45) is 11.8 Å². The van der Waals surface area contributed by atoms with Gasteiger partial charge in [-0.1, -0.05) is 44.0 Å². The minimum atomic E-state index is 0.715. The van der Waals surface area contributed by atoms with E-state index in [1.54, 1.807) is 11.1 Å². The van der Waals surface area contributed by atoms with Gasteiger partial charge in [0.1, 0.15) is 0 Å². The van der Waals surface area contributed by atoms with Crippen LogP contribution in [-0.4, -0.2) is 12.6 Å². The standard InChI is InChI=1S/C17H25N/c1-13-5-4-8-16(13)12-18-17-10-9-14-6-2-3-7-15(14)11-17/h2-3,6-7,13,16-18H,4-5,8-12H2,1H3. The normalized spacial score (nSPS) is 31.3. The van der Waals surface area contributed by atoms with Gasteiger partial charge in [-0.15, -0.1) is 0 Å². The first-order chi connectivity index (χ1) is 8.83. The number of rotatable bonds is 3. The molecule has 0 amide bonds. The zero-order valence-corrected chi connectivity index (χ0v) is 11.5. The lowest BCUT2D eigenvalue weighted by molar-refractivity contribution is 0.352. The molecule has 2 aliphatic rings. The topological polar surface area (TPSA) is 12.0 Å². The Bertz CT molecular complexity index is 398. The number of hydrogen-bond donors (Lipinski definition) is 1. The molecule has 2 aliphatic carbocycles. The second-order valence-corrected chi connectivity index (χ2v) is 6.28. The van der Waals surface area contributed by atoms with E-state index >= 15 is 0 Å². The lowest BCUT2D eigenvalue weighted by atomic mass is 9.88. The molecule has 0 spiro atoms. The van der Waals surface area contributed by atoms with Crippen molar-refractivity contribution in [2.75, 3.05) is 6.54 Å². The summed E-state index contributed by atoms with van der Waals surface area (Å²) in [5.74, 6) is 1.87. The Morgan fingerprint density at radius 2 is 1.94 bits per heavy atom. The van der Waals surface area contributed by atoms with Crippen molar-refractivity contribution < 1.29 is 0 Å². The van der Waals surface area contributed by atoms with Gasteiger partial charge in [0.15, 0.2) is 0 Å². The zero-order chi connectivity index (χ0) is 12.4. The number of aryl methyl sites for hydroxylation is 1. The summed E-state index contributed by atoms with van der Waals surface area (Å²) in [5.41, 5.74) is 3.14. The first-order valence-corrected chi connectivity index (χ1v) is 7.63. The van der Waals surface area contributed by atoms with E-state index in [2.05, 4.69) is 36.5 Å². The SMILES string of the molecule is CC1CCCC1CNC1CCc2ccccc2C1. The Hall–Kier alpha value is -0.820. The van der Waals surface area contributed by atoms with Crippen LogP contribution in [0.15, 0.2) is 24.3 Å². The Morgan fingerprint density at radius 1 is 1.11 bits per heavy atom. The minimum absolute atomic E-state index is 0.715. The van der Waals surface area contributed by atoms with E-state index in [0.29, 0.717) is 6.04 Å². The average molecular weight is 243 g/mol. The molecule has 1 saturated carbocycles. The zero-order valence-electron chi connectivity index (χ0n) is 11.5. The summed E-state index contributed by atoms with van der Waals surface area (Å²) in [4.78, 5) is 0. The summed E-state index contributed by atoms with van der Waals surface area (Å²) in [5, 5.41) is 3.83. The molecule has 1 heteroatoms. The lowest BCUT2D eigenvalue weighted by Gasteiger charge is -2.27. The van der Waals surface area contributed by atoms with Crippen LogP contribution in [0.5, 0.6) is 0 Å². The molecule has 3 unspecified atom stereocenters. The van der Waals surface area contributed by atoms with Crippen molar-refractivity contribution in [3.63, 3.8) is 0 Å². The Labute approximate surface area is 111 Å². The van der Waals surface area contributed by atoms with Crippen molar-refractivity contribution in [1.29, 1.82) is 0 Å². The molecule has 0 heterocycles. The van der Waals surface area contributed by atoms with E-state index < -0.39 is 0 Å². The number of hydrogen-bond acceptors (Lipinski definition) is 1. The number of nitrogens with one attached hydrogen (secondary N) is 1. The second kappa shape index (κ2) is 5.44. The van der Waals surface area contributed by atoms with Crippen molar-refractivity contribution in [3.8, 4) is 0 Å². The fourth-order valence-electron chi connectivity index (χ4n) is 3.72. The van der Waals surface area contributed by atoms with Crippen LogP contribution in [0.3, 0.4) is 0 Å². The molecule has 0 aromatic heterocycles. The van der Waals surface area contributed by atoms with Crippen LogP contribution in [-0.2, 0) is 12.8 Å². The first kappa shape index (κ1) is 12.2. The highest BCUT2D eigenvalue weighted by Crippen LogP contribution is 2.31. The summed E-state index contributed by atoms with van der Waals surface area (Å²) in [7, 11) is 0. The van der Waals surface area contributed by atoms with E-state index in [0.717, 1.165) is 11.8 Å². The van der Waals surface area contributed by atoms with E-state index in [9.17, 15) is 0 Å². The number of fused-ring (bicyclic) bond motifs is 1. The molecule has 3 atom stereocenters. The predicted molar refractivity (Wildman–Crippen MR) is 76.8 cm³/mol. The monoisotopic (exact) mass is 243 g/mol. The molecular weight excluding hydrogens is 218 g/mol. The molecule has 3 rings (SSSR count). The Kier molecular flexibility index (Phi) is 3.69. The second-order valence-electron chi connectivity index (χ2n) is 6.28. The summed E-state index contributed by atoms with van der Waals surface area (Å²) >= 11 is 0. The van der Waals surface area contributed by atoms with Gasteiger partial charge in [-0.3, -0.25) is 0 Å². The van der Waals surface area contributed by atoms with Gasteiger partial charge < -0.3 is 5.32 Å². The molecule has 1 N–H and O–H groups in total. The van der Waals surface area contributed by atoms with Crippen LogP contribution in [0, 0.1) is 11.8 Å². The molecule has 98 valence electrons. The maximum Gasteiger partial charge on any atom is 0.0111 e. The third kappa shape index (κ3) is 2.61.